The summed E-state index contributed by atoms with van der Waals surface area (Å²) in [6, 6.07) is 15.3. The van der Waals surface area contributed by atoms with Gasteiger partial charge in [-0.2, -0.15) is 10.2 Å². The number of aromatic nitrogens is 3. The Bertz CT molecular complexity index is 1210. The third-order valence-electron chi connectivity index (χ3n) is 5.31. The molecule has 1 aromatic heterocycles. The monoisotopic (exact) mass is 425 g/mol. The first kappa shape index (κ1) is 21.2. The minimum atomic E-state index is -0.123. The van der Waals surface area contributed by atoms with E-state index in [2.05, 4.69) is 43.0 Å². The summed E-state index contributed by atoms with van der Waals surface area (Å²) < 4.78 is 0. The van der Waals surface area contributed by atoms with E-state index >= 15 is 0 Å². The second-order valence-electron chi connectivity index (χ2n) is 7.54. The van der Waals surface area contributed by atoms with Crippen LogP contribution in [0.5, 0.6) is 0 Å². The van der Waals surface area contributed by atoms with Crippen LogP contribution in [-0.4, -0.2) is 27.4 Å². The molecule has 0 bridgehead atoms. The second-order valence-corrected chi connectivity index (χ2v) is 7.54. The van der Waals surface area contributed by atoms with Crippen LogP contribution in [0, 0.1) is 18.3 Å². The fourth-order valence-corrected chi connectivity index (χ4v) is 3.63. The number of anilines is 3. The van der Waals surface area contributed by atoms with Crippen LogP contribution in [0.3, 0.4) is 0 Å². The van der Waals surface area contributed by atoms with Crippen molar-refractivity contribution in [1.29, 1.82) is 5.26 Å². The molecule has 0 saturated heterocycles. The van der Waals surface area contributed by atoms with Crippen molar-refractivity contribution in [3.63, 3.8) is 0 Å². The largest absolute Gasteiger partial charge is 0.326 e. The number of carbonyl (C=O) groups is 1. The fraction of sp³-hybridized carbons (Fsp3) is 0.208. The Morgan fingerprint density at radius 2 is 1.94 bits per heavy atom. The van der Waals surface area contributed by atoms with E-state index in [0.29, 0.717) is 23.9 Å². The standard InChI is InChI=1S/C24H23N7O/c1-15-20(29-16(2)32)4-3-5-21(15)30-24-28-14-27-23(31-24)22-12-19(10-11-26-22)18-8-6-17(13-25)7-9-18/h3-10,14,22,26H,11-12H2,1-2H3,(H,29,32)(H,27,28,30,31). The molecule has 1 amide bonds. The summed E-state index contributed by atoms with van der Waals surface area (Å²) in [7, 11) is 0. The zero-order chi connectivity index (χ0) is 22.5. The maximum Gasteiger partial charge on any atom is 0.230 e. The number of hydrogen-bond donors (Lipinski definition) is 3. The van der Waals surface area contributed by atoms with E-state index in [-0.39, 0.29) is 11.9 Å². The van der Waals surface area contributed by atoms with Gasteiger partial charge >= 0.3 is 0 Å². The summed E-state index contributed by atoms with van der Waals surface area (Å²) >= 11 is 0. The smallest absolute Gasteiger partial charge is 0.230 e. The van der Waals surface area contributed by atoms with Crippen molar-refractivity contribution in [2.24, 2.45) is 0 Å². The number of carbonyl (C=O) groups excluding carboxylic acids is 1. The van der Waals surface area contributed by atoms with Crippen LogP contribution in [0.2, 0.25) is 0 Å². The molecule has 8 heteroatoms. The van der Waals surface area contributed by atoms with Gasteiger partial charge < -0.3 is 16.0 Å². The van der Waals surface area contributed by atoms with Gasteiger partial charge in [-0.25, -0.2) is 9.97 Å². The maximum atomic E-state index is 11.4. The van der Waals surface area contributed by atoms with E-state index in [1.54, 1.807) is 0 Å². The quantitative estimate of drug-likeness (QED) is 0.568. The highest BCUT2D eigenvalue weighted by Gasteiger charge is 2.21. The predicted octanol–water partition coefficient (Wildman–Crippen LogP) is 3.87. The zero-order valence-corrected chi connectivity index (χ0v) is 17.9. The van der Waals surface area contributed by atoms with Crippen LogP contribution in [-0.2, 0) is 4.79 Å². The van der Waals surface area contributed by atoms with E-state index in [0.717, 1.165) is 28.9 Å². The van der Waals surface area contributed by atoms with Gasteiger partial charge in [-0.15, -0.1) is 0 Å². The molecule has 0 spiro atoms. The number of nitriles is 1. The maximum absolute atomic E-state index is 11.4. The zero-order valence-electron chi connectivity index (χ0n) is 17.9. The Morgan fingerprint density at radius 1 is 1.16 bits per heavy atom. The van der Waals surface area contributed by atoms with Crippen LogP contribution < -0.4 is 16.0 Å². The Balaban J connectivity index is 1.51. The first-order valence-corrected chi connectivity index (χ1v) is 10.3. The highest BCUT2D eigenvalue weighted by molar-refractivity contribution is 5.90. The average Bonchev–Trinajstić information content (AvgIpc) is 2.82. The molecule has 8 nitrogen and oxygen atoms in total. The molecular formula is C24H23N7O. The number of hydrogen-bond acceptors (Lipinski definition) is 7. The Kier molecular flexibility index (Phi) is 6.19. The molecule has 1 aliphatic rings. The van der Waals surface area contributed by atoms with E-state index < -0.39 is 0 Å². The normalized spacial score (nSPS) is 15.4. The number of benzene rings is 2. The number of amides is 1. The van der Waals surface area contributed by atoms with Gasteiger partial charge in [0.15, 0.2) is 5.82 Å². The lowest BCUT2D eigenvalue weighted by Crippen LogP contribution is -2.27. The van der Waals surface area contributed by atoms with Crippen LogP contribution in [0.4, 0.5) is 17.3 Å². The van der Waals surface area contributed by atoms with Gasteiger partial charge in [0.25, 0.3) is 0 Å². The molecule has 0 aliphatic carbocycles. The lowest BCUT2D eigenvalue weighted by atomic mass is 9.94. The minimum Gasteiger partial charge on any atom is -0.326 e. The Labute approximate surface area is 186 Å². The first-order chi connectivity index (χ1) is 15.5. The summed E-state index contributed by atoms with van der Waals surface area (Å²) in [4.78, 5) is 24.7. The van der Waals surface area contributed by atoms with Crippen molar-refractivity contribution < 1.29 is 4.79 Å². The van der Waals surface area contributed by atoms with E-state index in [1.807, 2.05) is 49.4 Å². The molecule has 1 aliphatic heterocycles. The molecule has 3 aromatic rings. The van der Waals surface area contributed by atoms with Crippen LogP contribution >= 0.6 is 0 Å². The van der Waals surface area contributed by atoms with Crippen LogP contribution in [0.25, 0.3) is 5.57 Å². The van der Waals surface area contributed by atoms with Gasteiger partial charge in [0.2, 0.25) is 11.9 Å². The fourth-order valence-electron chi connectivity index (χ4n) is 3.63. The summed E-state index contributed by atoms with van der Waals surface area (Å²) in [5.74, 6) is 0.967. The first-order valence-electron chi connectivity index (χ1n) is 10.3. The molecule has 3 N–H and O–H groups in total. The molecule has 32 heavy (non-hydrogen) atoms. The third-order valence-corrected chi connectivity index (χ3v) is 5.31. The summed E-state index contributed by atoms with van der Waals surface area (Å²) in [6.45, 7) is 4.11. The molecule has 0 saturated carbocycles. The lowest BCUT2D eigenvalue weighted by Gasteiger charge is -2.23. The molecule has 4 rings (SSSR count). The Morgan fingerprint density at radius 3 is 2.69 bits per heavy atom. The van der Waals surface area contributed by atoms with Gasteiger partial charge in [-0.1, -0.05) is 24.3 Å². The highest BCUT2D eigenvalue weighted by atomic mass is 16.1. The van der Waals surface area contributed by atoms with Crippen molar-refractivity contribution in [3.8, 4) is 6.07 Å². The van der Waals surface area contributed by atoms with Gasteiger partial charge in [-0.3, -0.25) is 4.79 Å². The van der Waals surface area contributed by atoms with Crippen molar-refractivity contribution in [3.05, 3.63) is 77.4 Å². The molecule has 2 aromatic carbocycles. The topological polar surface area (TPSA) is 116 Å². The van der Waals surface area contributed by atoms with Crippen molar-refractivity contribution >= 4 is 28.8 Å². The van der Waals surface area contributed by atoms with E-state index in [9.17, 15) is 4.79 Å². The van der Waals surface area contributed by atoms with Crippen LogP contribution in [0.15, 0.2) is 54.9 Å². The van der Waals surface area contributed by atoms with Gasteiger partial charge in [-0.05, 0) is 54.3 Å². The summed E-state index contributed by atoms with van der Waals surface area (Å²) in [6.07, 6.45) is 4.38. The van der Waals surface area contributed by atoms with Crippen molar-refractivity contribution in [2.45, 2.75) is 26.3 Å². The molecule has 0 fully saturated rings. The number of rotatable bonds is 5. The molecule has 160 valence electrons. The van der Waals surface area contributed by atoms with Crippen molar-refractivity contribution in [1.82, 2.24) is 20.3 Å². The molecular weight excluding hydrogens is 402 g/mol. The SMILES string of the molecule is CC(=O)Nc1cccc(Nc2ncnc(C3CC(c4ccc(C#N)cc4)=CCN3)n2)c1C. The van der Waals surface area contributed by atoms with Gasteiger partial charge in [0.05, 0.1) is 17.7 Å². The minimum absolute atomic E-state index is 0.0546. The van der Waals surface area contributed by atoms with E-state index in [1.165, 1.54) is 18.8 Å². The van der Waals surface area contributed by atoms with Gasteiger partial charge in [0.1, 0.15) is 6.33 Å². The number of nitrogens with one attached hydrogen (secondary N) is 3. The summed E-state index contributed by atoms with van der Waals surface area (Å²) in [5, 5.41) is 18.5. The van der Waals surface area contributed by atoms with Gasteiger partial charge in [0, 0.05) is 24.8 Å². The predicted molar refractivity (Wildman–Crippen MR) is 123 cm³/mol. The lowest BCUT2D eigenvalue weighted by molar-refractivity contribution is -0.114. The molecule has 2 heterocycles. The summed E-state index contributed by atoms with van der Waals surface area (Å²) in [5.41, 5.74) is 5.36. The number of nitrogens with zero attached hydrogens (tertiary/aromatic N) is 4. The molecule has 0 radical (unpaired) electrons. The van der Waals surface area contributed by atoms with Crippen LogP contribution in [0.1, 0.15) is 41.9 Å². The third kappa shape index (κ3) is 4.79. The molecule has 1 atom stereocenters. The Hall–Kier alpha value is -4.09. The van der Waals surface area contributed by atoms with E-state index in [4.69, 9.17) is 5.26 Å². The highest BCUT2D eigenvalue weighted by Crippen LogP contribution is 2.30. The average molecular weight is 425 g/mol. The molecule has 1 unspecified atom stereocenters. The van der Waals surface area contributed by atoms with Crippen molar-refractivity contribution in [2.75, 3.05) is 17.2 Å². The second kappa shape index (κ2) is 9.37.